The lowest BCUT2D eigenvalue weighted by molar-refractivity contribution is -0.137. The van der Waals surface area contributed by atoms with Gasteiger partial charge in [0.25, 0.3) is 0 Å². The van der Waals surface area contributed by atoms with Gasteiger partial charge in [0.2, 0.25) is 0 Å². The van der Waals surface area contributed by atoms with E-state index < -0.39 is 23.6 Å². The number of rotatable bonds is 6. The molecule has 156 valence electrons. The highest BCUT2D eigenvalue weighted by Crippen LogP contribution is 2.32. The van der Waals surface area contributed by atoms with Crippen LogP contribution in [0.3, 0.4) is 0 Å². The van der Waals surface area contributed by atoms with E-state index in [9.17, 15) is 22.4 Å². The van der Waals surface area contributed by atoms with Crippen molar-refractivity contribution in [3.8, 4) is 0 Å². The molecule has 1 atom stereocenters. The highest BCUT2D eigenvalue weighted by atomic mass is 19.4. The second-order valence-electron chi connectivity index (χ2n) is 6.71. The minimum atomic E-state index is -4.62. The molecule has 0 aliphatic rings. The van der Waals surface area contributed by atoms with E-state index in [4.69, 9.17) is 0 Å². The number of benzene rings is 1. The number of carbonyl (C=O) groups is 1. The van der Waals surface area contributed by atoms with Crippen molar-refractivity contribution in [3.63, 3.8) is 0 Å². The van der Waals surface area contributed by atoms with Crippen LogP contribution in [0.15, 0.2) is 41.7 Å². The number of aldehydes is 1. The summed E-state index contributed by atoms with van der Waals surface area (Å²) in [5, 5.41) is 7.13. The van der Waals surface area contributed by atoms with Crippen molar-refractivity contribution < 1.29 is 22.4 Å². The number of nitrogens with zero attached hydrogens (tertiary/aromatic N) is 3. The van der Waals surface area contributed by atoms with E-state index in [1.807, 2.05) is 13.8 Å². The number of amidine groups is 1. The van der Waals surface area contributed by atoms with Crippen LogP contribution in [-0.4, -0.2) is 28.9 Å². The highest BCUT2D eigenvalue weighted by molar-refractivity contribution is 5.92. The predicted molar refractivity (Wildman–Crippen MR) is 103 cm³/mol. The molecule has 0 aliphatic carbocycles. The number of allylic oxidation sites excluding steroid dienone is 1. The summed E-state index contributed by atoms with van der Waals surface area (Å²) < 4.78 is 53.9. The van der Waals surface area contributed by atoms with Crippen molar-refractivity contribution in [2.75, 3.05) is 7.05 Å². The van der Waals surface area contributed by atoms with Gasteiger partial charge in [0.05, 0.1) is 23.5 Å². The van der Waals surface area contributed by atoms with Gasteiger partial charge in [-0.15, -0.1) is 0 Å². The Hall–Kier alpha value is -2.97. The van der Waals surface area contributed by atoms with Gasteiger partial charge in [0.15, 0.2) is 0 Å². The molecule has 0 fully saturated rings. The summed E-state index contributed by atoms with van der Waals surface area (Å²) in [5.41, 5.74) is -0.102. The van der Waals surface area contributed by atoms with Crippen LogP contribution in [-0.2, 0) is 11.0 Å². The number of hydrogen-bond acceptors (Lipinski definition) is 3. The molecule has 2 aromatic rings. The summed E-state index contributed by atoms with van der Waals surface area (Å²) in [6, 6.07) is 1.74. The van der Waals surface area contributed by atoms with Gasteiger partial charge in [-0.05, 0) is 19.1 Å². The molecule has 1 heterocycles. The number of carbonyl (C=O) groups excluding carboxylic acids is 1. The van der Waals surface area contributed by atoms with Crippen molar-refractivity contribution in [1.29, 1.82) is 0 Å². The summed E-state index contributed by atoms with van der Waals surface area (Å²) in [5.74, 6) is -0.221. The molecule has 1 aromatic carbocycles. The van der Waals surface area contributed by atoms with Gasteiger partial charge in [0, 0.05) is 36.4 Å². The molecule has 1 N–H and O–H groups in total. The molecule has 0 aliphatic heterocycles. The van der Waals surface area contributed by atoms with E-state index in [2.05, 4.69) is 15.4 Å². The van der Waals surface area contributed by atoms with E-state index in [0.717, 1.165) is 12.1 Å². The van der Waals surface area contributed by atoms with Crippen molar-refractivity contribution >= 4 is 17.8 Å². The fourth-order valence-electron chi connectivity index (χ4n) is 2.73. The molecule has 0 saturated carbocycles. The number of nitrogens with one attached hydrogen (secondary N) is 1. The number of halogens is 4. The Labute approximate surface area is 166 Å². The second kappa shape index (κ2) is 9.02. The smallest absolute Gasteiger partial charge is 0.376 e. The van der Waals surface area contributed by atoms with Crippen LogP contribution in [0.1, 0.15) is 43.5 Å². The van der Waals surface area contributed by atoms with Crippen molar-refractivity contribution in [2.45, 2.75) is 33.0 Å². The molecule has 9 heteroatoms. The predicted octanol–water partition coefficient (Wildman–Crippen LogP) is 4.46. The Bertz CT molecular complexity index is 929. The molecule has 0 spiro atoms. The molecule has 0 radical (unpaired) electrons. The fourth-order valence-corrected chi connectivity index (χ4v) is 2.73. The Kier molecular flexibility index (Phi) is 6.94. The Balaban J connectivity index is 2.37. The molecule has 5 nitrogen and oxygen atoms in total. The van der Waals surface area contributed by atoms with Gasteiger partial charge in [-0.2, -0.15) is 18.3 Å². The number of aromatic nitrogens is 2. The lowest BCUT2D eigenvalue weighted by Crippen LogP contribution is -2.24. The van der Waals surface area contributed by atoms with Crippen LogP contribution < -0.4 is 5.32 Å². The third-order valence-corrected chi connectivity index (χ3v) is 4.34. The molecular weight excluding hydrogens is 388 g/mol. The zero-order chi connectivity index (χ0) is 21.8. The van der Waals surface area contributed by atoms with Gasteiger partial charge in [-0.25, -0.2) is 9.38 Å². The van der Waals surface area contributed by atoms with Gasteiger partial charge in [0.1, 0.15) is 17.9 Å². The first-order chi connectivity index (χ1) is 13.6. The largest absolute Gasteiger partial charge is 0.416 e. The average Bonchev–Trinajstić information content (AvgIpc) is 3.13. The maximum absolute atomic E-state index is 14.3. The van der Waals surface area contributed by atoms with Crippen LogP contribution >= 0.6 is 0 Å². The summed E-state index contributed by atoms with van der Waals surface area (Å²) in [4.78, 5) is 15.5. The first kappa shape index (κ1) is 22.3. The quantitative estimate of drug-likeness (QED) is 0.251. The standard InChI is InChI=1S/C20H22F4N4O/c1-12(2)19(25-4)27-18(7-8-29)14-10-26-28(11-14)13(3)16-6-5-15(9-17(16)21)20(22,23)24/h5-13H,1-4H3,(H,25,27)/b18-7-. The molecule has 29 heavy (non-hydrogen) atoms. The average molecular weight is 410 g/mol. The summed E-state index contributed by atoms with van der Waals surface area (Å²) in [6.07, 6.45) is 0.293. The fraction of sp³-hybridized carbons (Fsp3) is 0.350. The van der Waals surface area contributed by atoms with Crippen LogP contribution in [0, 0.1) is 11.7 Å². The zero-order valence-corrected chi connectivity index (χ0v) is 16.5. The van der Waals surface area contributed by atoms with Crippen molar-refractivity contribution in [3.05, 3.63) is 59.2 Å². The van der Waals surface area contributed by atoms with Gasteiger partial charge in [-0.1, -0.05) is 19.9 Å². The third-order valence-electron chi connectivity index (χ3n) is 4.34. The lowest BCUT2D eigenvalue weighted by Gasteiger charge is -2.15. The number of hydrogen-bond donors (Lipinski definition) is 1. The van der Waals surface area contributed by atoms with Crippen LogP contribution in [0.2, 0.25) is 0 Å². The maximum Gasteiger partial charge on any atom is 0.416 e. The van der Waals surface area contributed by atoms with E-state index in [0.29, 0.717) is 29.4 Å². The van der Waals surface area contributed by atoms with Crippen molar-refractivity contribution in [1.82, 2.24) is 15.1 Å². The second-order valence-corrected chi connectivity index (χ2v) is 6.71. The van der Waals surface area contributed by atoms with Gasteiger partial charge in [-0.3, -0.25) is 9.48 Å². The number of aliphatic imine (C=N–C) groups is 1. The van der Waals surface area contributed by atoms with E-state index in [1.54, 1.807) is 20.2 Å². The van der Waals surface area contributed by atoms with E-state index in [1.165, 1.54) is 17.0 Å². The molecular formula is C20H22F4N4O. The van der Waals surface area contributed by atoms with E-state index in [-0.39, 0.29) is 11.5 Å². The minimum absolute atomic E-state index is 0.0650. The van der Waals surface area contributed by atoms with Crippen LogP contribution in [0.5, 0.6) is 0 Å². The van der Waals surface area contributed by atoms with Crippen LogP contribution in [0.25, 0.3) is 5.70 Å². The summed E-state index contributed by atoms with van der Waals surface area (Å²) in [7, 11) is 1.72. The minimum Gasteiger partial charge on any atom is -0.376 e. The molecule has 2 rings (SSSR count). The Morgan fingerprint density at radius 1 is 1.28 bits per heavy atom. The lowest BCUT2D eigenvalue weighted by atomic mass is 10.0. The molecule has 0 saturated heterocycles. The SMILES string of the molecule is CN/C(=N\C(=C/C=O)c1cnn(C(C)c2ccc(C(F)(F)F)cc2F)c1)C(C)C. The highest BCUT2D eigenvalue weighted by Gasteiger charge is 2.31. The summed E-state index contributed by atoms with van der Waals surface area (Å²) >= 11 is 0. The first-order valence-electron chi connectivity index (χ1n) is 8.91. The Morgan fingerprint density at radius 2 is 1.97 bits per heavy atom. The van der Waals surface area contributed by atoms with E-state index >= 15 is 0 Å². The third kappa shape index (κ3) is 5.30. The zero-order valence-electron chi connectivity index (χ0n) is 16.5. The van der Waals surface area contributed by atoms with Gasteiger partial charge >= 0.3 is 6.18 Å². The molecule has 0 amide bonds. The van der Waals surface area contributed by atoms with Crippen molar-refractivity contribution in [2.24, 2.45) is 10.9 Å². The summed E-state index contributed by atoms with van der Waals surface area (Å²) in [6.45, 7) is 5.49. The maximum atomic E-state index is 14.3. The van der Waals surface area contributed by atoms with Gasteiger partial charge < -0.3 is 5.32 Å². The normalized spacial score (nSPS) is 14.2. The first-order valence-corrected chi connectivity index (χ1v) is 8.91. The van der Waals surface area contributed by atoms with Crippen LogP contribution in [0.4, 0.5) is 17.6 Å². The monoisotopic (exact) mass is 410 g/mol. The molecule has 1 unspecified atom stereocenters. The molecule has 1 aromatic heterocycles. The number of alkyl halides is 3. The molecule has 0 bridgehead atoms. The Morgan fingerprint density at radius 3 is 2.48 bits per heavy atom. The topological polar surface area (TPSA) is 59.3 Å².